The van der Waals surface area contributed by atoms with Crippen molar-refractivity contribution >= 4 is 17.7 Å². The summed E-state index contributed by atoms with van der Waals surface area (Å²) in [6.07, 6.45) is 0.0859. The highest BCUT2D eigenvalue weighted by Gasteiger charge is 2.12. The summed E-state index contributed by atoms with van der Waals surface area (Å²) in [4.78, 5) is 30.2. The minimum absolute atomic E-state index is 0.174. The predicted molar refractivity (Wildman–Crippen MR) is 57.3 cm³/mol. The Balaban J connectivity index is 0. The number of ketones is 1. The van der Waals surface area contributed by atoms with Crippen molar-refractivity contribution in [3.63, 3.8) is 0 Å². The molecule has 0 heterocycles. The third-order valence-electron chi connectivity index (χ3n) is 1.37. The SMILES string of the molecule is C/C(=C\C(=O)C(O)CO)C(=O)O.C=CC(=O)O. The summed E-state index contributed by atoms with van der Waals surface area (Å²) in [5.74, 6) is -3.02. The molecule has 0 saturated carbocycles. The predicted octanol–water partition coefficient (Wildman–Crippen LogP) is -0.803. The molecule has 1 atom stereocenters. The Labute approximate surface area is 97.3 Å². The summed E-state index contributed by atoms with van der Waals surface area (Å²) in [6.45, 7) is 3.48. The monoisotopic (exact) mass is 246 g/mol. The maximum absolute atomic E-state index is 10.7. The lowest BCUT2D eigenvalue weighted by Crippen LogP contribution is -2.22. The molecule has 4 N–H and O–H groups in total. The van der Waals surface area contributed by atoms with Crippen molar-refractivity contribution in [3.8, 4) is 0 Å². The van der Waals surface area contributed by atoms with Crippen LogP contribution in [0.3, 0.4) is 0 Å². The number of aliphatic hydroxyl groups excluding tert-OH is 2. The Morgan fingerprint density at radius 3 is 1.94 bits per heavy atom. The molecule has 96 valence electrons. The first-order valence-electron chi connectivity index (χ1n) is 4.36. The zero-order valence-electron chi connectivity index (χ0n) is 9.16. The van der Waals surface area contributed by atoms with Crippen molar-refractivity contribution in [1.82, 2.24) is 0 Å². The van der Waals surface area contributed by atoms with E-state index in [1.165, 1.54) is 6.92 Å². The Kier molecular flexibility index (Phi) is 9.47. The van der Waals surface area contributed by atoms with Crippen LogP contribution in [0.1, 0.15) is 6.92 Å². The topological polar surface area (TPSA) is 132 Å². The molecule has 0 spiro atoms. The highest BCUT2D eigenvalue weighted by atomic mass is 16.4. The first-order chi connectivity index (χ1) is 7.76. The van der Waals surface area contributed by atoms with Gasteiger partial charge in [0, 0.05) is 11.6 Å². The van der Waals surface area contributed by atoms with Crippen LogP contribution in [-0.4, -0.2) is 50.9 Å². The van der Waals surface area contributed by atoms with Gasteiger partial charge < -0.3 is 20.4 Å². The highest BCUT2D eigenvalue weighted by molar-refractivity contribution is 6.00. The number of carbonyl (C=O) groups excluding carboxylic acids is 1. The van der Waals surface area contributed by atoms with E-state index in [0.717, 1.165) is 12.2 Å². The van der Waals surface area contributed by atoms with E-state index in [2.05, 4.69) is 6.58 Å². The van der Waals surface area contributed by atoms with Gasteiger partial charge in [-0.25, -0.2) is 9.59 Å². The zero-order valence-corrected chi connectivity index (χ0v) is 9.16. The van der Waals surface area contributed by atoms with Crippen LogP contribution >= 0.6 is 0 Å². The summed E-state index contributed by atoms with van der Waals surface area (Å²) in [5.41, 5.74) is -0.174. The maximum Gasteiger partial charge on any atom is 0.331 e. The standard InChI is InChI=1S/C7H10O5.C3H4O2/c1-4(7(11)12)2-5(9)6(10)3-8;1-2-3(4)5/h2,6,8,10H,3H2,1H3,(H,11,12);2H,1H2,(H,4,5)/b4-2+;. The lowest BCUT2D eigenvalue weighted by Gasteiger charge is -2.00. The number of rotatable bonds is 5. The van der Waals surface area contributed by atoms with Gasteiger partial charge in [-0.05, 0) is 13.0 Å². The average Bonchev–Trinajstić information content (AvgIpc) is 2.28. The molecule has 17 heavy (non-hydrogen) atoms. The molecule has 0 saturated heterocycles. The summed E-state index contributed by atoms with van der Waals surface area (Å²) in [7, 11) is 0. The number of hydrogen-bond acceptors (Lipinski definition) is 5. The van der Waals surface area contributed by atoms with Gasteiger partial charge in [-0.2, -0.15) is 0 Å². The van der Waals surface area contributed by atoms with E-state index in [1.807, 2.05) is 0 Å². The van der Waals surface area contributed by atoms with E-state index in [0.29, 0.717) is 0 Å². The van der Waals surface area contributed by atoms with E-state index in [4.69, 9.17) is 20.4 Å². The Morgan fingerprint density at radius 1 is 1.29 bits per heavy atom. The van der Waals surface area contributed by atoms with E-state index in [9.17, 15) is 14.4 Å². The molecular formula is C10H14O7. The van der Waals surface area contributed by atoms with Crippen LogP contribution in [0.2, 0.25) is 0 Å². The third-order valence-corrected chi connectivity index (χ3v) is 1.37. The number of aliphatic hydroxyl groups is 2. The van der Waals surface area contributed by atoms with Crippen LogP contribution in [-0.2, 0) is 14.4 Å². The van der Waals surface area contributed by atoms with Crippen LogP contribution in [0.25, 0.3) is 0 Å². The number of hydrogen-bond donors (Lipinski definition) is 4. The normalized spacial score (nSPS) is 11.8. The smallest absolute Gasteiger partial charge is 0.331 e. The highest BCUT2D eigenvalue weighted by Crippen LogP contribution is 1.95. The van der Waals surface area contributed by atoms with Crippen LogP contribution in [0, 0.1) is 0 Å². The van der Waals surface area contributed by atoms with Crippen molar-refractivity contribution in [3.05, 3.63) is 24.3 Å². The van der Waals surface area contributed by atoms with Crippen molar-refractivity contribution in [2.24, 2.45) is 0 Å². The van der Waals surface area contributed by atoms with Crippen molar-refractivity contribution in [2.75, 3.05) is 6.61 Å². The summed E-state index contributed by atoms with van der Waals surface area (Å²) in [6, 6.07) is 0. The molecule has 0 aliphatic heterocycles. The van der Waals surface area contributed by atoms with Gasteiger partial charge in [0.1, 0.15) is 6.10 Å². The molecule has 0 aliphatic carbocycles. The molecule has 0 aromatic rings. The molecule has 0 aromatic carbocycles. The fourth-order valence-electron chi connectivity index (χ4n) is 0.461. The molecule has 0 bridgehead atoms. The Morgan fingerprint density at radius 2 is 1.71 bits per heavy atom. The molecule has 0 fully saturated rings. The van der Waals surface area contributed by atoms with Gasteiger partial charge >= 0.3 is 11.9 Å². The molecular weight excluding hydrogens is 232 g/mol. The first kappa shape index (κ1) is 17.4. The van der Waals surface area contributed by atoms with Gasteiger partial charge in [-0.15, -0.1) is 0 Å². The summed E-state index contributed by atoms with van der Waals surface area (Å²) < 4.78 is 0. The van der Waals surface area contributed by atoms with Crippen molar-refractivity contribution in [2.45, 2.75) is 13.0 Å². The van der Waals surface area contributed by atoms with Gasteiger partial charge in [-0.3, -0.25) is 4.79 Å². The molecule has 0 rings (SSSR count). The fourth-order valence-corrected chi connectivity index (χ4v) is 0.461. The van der Waals surface area contributed by atoms with Gasteiger partial charge in [0.2, 0.25) is 0 Å². The second kappa shape index (κ2) is 9.25. The van der Waals surface area contributed by atoms with E-state index >= 15 is 0 Å². The fraction of sp³-hybridized carbons (Fsp3) is 0.300. The minimum atomic E-state index is -1.53. The van der Waals surface area contributed by atoms with Gasteiger partial charge in [0.05, 0.1) is 6.61 Å². The lowest BCUT2D eigenvalue weighted by molar-refractivity contribution is -0.133. The first-order valence-corrected chi connectivity index (χ1v) is 4.36. The number of carboxylic acid groups (broad SMARTS) is 2. The van der Waals surface area contributed by atoms with Crippen LogP contribution in [0.5, 0.6) is 0 Å². The van der Waals surface area contributed by atoms with E-state index < -0.39 is 30.4 Å². The van der Waals surface area contributed by atoms with E-state index in [1.54, 1.807) is 0 Å². The zero-order chi connectivity index (χ0) is 14.0. The second-order valence-corrected chi connectivity index (χ2v) is 2.78. The molecule has 0 radical (unpaired) electrons. The Bertz CT molecular complexity index is 330. The molecule has 7 heteroatoms. The van der Waals surface area contributed by atoms with Crippen molar-refractivity contribution in [1.29, 1.82) is 0 Å². The van der Waals surface area contributed by atoms with Crippen molar-refractivity contribution < 1.29 is 34.8 Å². The molecule has 0 aliphatic rings. The second-order valence-electron chi connectivity index (χ2n) is 2.78. The van der Waals surface area contributed by atoms with Crippen LogP contribution < -0.4 is 0 Å². The molecule has 1 unspecified atom stereocenters. The summed E-state index contributed by atoms with van der Waals surface area (Å²) in [5, 5.41) is 33.0. The number of aliphatic carboxylic acids is 2. The van der Waals surface area contributed by atoms with E-state index in [-0.39, 0.29) is 5.57 Å². The Hall–Kier alpha value is -1.99. The van der Waals surface area contributed by atoms with Gasteiger partial charge in [-0.1, -0.05) is 6.58 Å². The quantitative estimate of drug-likeness (QED) is 0.466. The molecule has 0 amide bonds. The van der Waals surface area contributed by atoms with Gasteiger partial charge in [0.25, 0.3) is 0 Å². The van der Waals surface area contributed by atoms with Gasteiger partial charge in [0.15, 0.2) is 5.78 Å². The van der Waals surface area contributed by atoms with Crippen LogP contribution in [0.15, 0.2) is 24.3 Å². The number of carboxylic acids is 2. The lowest BCUT2D eigenvalue weighted by atomic mass is 10.1. The molecule has 0 aromatic heterocycles. The van der Waals surface area contributed by atoms with Crippen LogP contribution in [0.4, 0.5) is 0 Å². The minimum Gasteiger partial charge on any atom is -0.478 e. The summed E-state index contributed by atoms with van der Waals surface area (Å²) >= 11 is 0. The molecule has 7 nitrogen and oxygen atoms in total. The maximum atomic E-state index is 10.7. The number of carbonyl (C=O) groups is 3. The largest absolute Gasteiger partial charge is 0.478 e. The average molecular weight is 246 g/mol. The third kappa shape index (κ3) is 10.3.